The van der Waals surface area contributed by atoms with Crippen molar-refractivity contribution in [2.75, 3.05) is 12.9 Å². The zero-order valence-corrected chi connectivity index (χ0v) is 23.0. The Morgan fingerprint density at radius 2 is 1.46 bits per heavy atom. The number of nitrogens with one attached hydrogen (secondary N) is 1. The molecule has 1 saturated heterocycles. The molecule has 2 aliphatic rings. The molecule has 41 heavy (non-hydrogen) atoms. The van der Waals surface area contributed by atoms with Crippen LogP contribution in [0.15, 0.2) is 102 Å². The third-order valence-electron chi connectivity index (χ3n) is 6.92. The number of rotatable bonds is 9. The molecule has 3 atom stereocenters. The number of hydrogen-bond donors (Lipinski definition) is 2. The van der Waals surface area contributed by atoms with Crippen LogP contribution < -0.4 is 5.32 Å². The lowest BCUT2D eigenvalue weighted by Gasteiger charge is -2.50. The number of fused-ring (bicyclic) bond motifs is 1. The predicted octanol–water partition coefficient (Wildman–Crippen LogP) is 3.27. The highest BCUT2D eigenvalue weighted by Gasteiger charge is 2.55. The van der Waals surface area contributed by atoms with E-state index in [1.54, 1.807) is 30.3 Å². The van der Waals surface area contributed by atoms with Gasteiger partial charge in [-0.2, -0.15) is 0 Å². The van der Waals surface area contributed by atoms with Crippen molar-refractivity contribution in [3.05, 3.63) is 119 Å². The SMILES string of the molecule is COC(=O)CC1=C(C(=O)OC(c2ccccc2)c2ccccc2)N2C(=O)[C@@H](NC(=O)C(O)c3ccccc3)[C@@H]2SC1. The van der Waals surface area contributed by atoms with Crippen LogP contribution in [0.25, 0.3) is 0 Å². The largest absolute Gasteiger partial charge is 0.469 e. The molecule has 9 nitrogen and oxygen atoms in total. The van der Waals surface area contributed by atoms with Crippen molar-refractivity contribution >= 4 is 35.5 Å². The van der Waals surface area contributed by atoms with Crippen LogP contribution >= 0.6 is 11.8 Å². The first-order chi connectivity index (χ1) is 19.9. The summed E-state index contributed by atoms with van der Waals surface area (Å²) in [5, 5.41) is 12.5. The number of carbonyl (C=O) groups excluding carboxylic acids is 4. The van der Waals surface area contributed by atoms with E-state index in [9.17, 15) is 24.3 Å². The fourth-order valence-corrected chi connectivity index (χ4v) is 6.17. The maximum Gasteiger partial charge on any atom is 0.356 e. The normalized spacial score (nSPS) is 18.7. The van der Waals surface area contributed by atoms with Crippen LogP contribution in [-0.2, 0) is 28.7 Å². The summed E-state index contributed by atoms with van der Waals surface area (Å²) in [7, 11) is 1.25. The average molecular weight is 573 g/mol. The van der Waals surface area contributed by atoms with Gasteiger partial charge in [-0.25, -0.2) is 4.79 Å². The van der Waals surface area contributed by atoms with Crippen molar-refractivity contribution in [1.29, 1.82) is 0 Å². The molecule has 210 valence electrons. The van der Waals surface area contributed by atoms with Crippen LogP contribution in [0.4, 0.5) is 0 Å². The predicted molar refractivity (Wildman–Crippen MR) is 151 cm³/mol. The van der Waals surface area contributed by atoms with Gasteiger partial charge < -0.3 is 19.9 Å². The van der Waals surface area contributed by atoms with Gasteiger partial charge in [-0.1, -0.05) is 91.0 Å². The molecule has 2 heterocycles. The number of carbonyl (C=O) groups is 4. The molecule has 0 radical (unpaired) electrons. The number of β-lactam (4-membered cyclic amide) rings is 1. The summed E-state index contributed by atoms with van der Waals surface area (Å²) in [6, 6.07) is 25.8. The molecule has 0 spiro atoms. The van der Waals surface area contributed by atoms with E-state index in [0.717, 1.165) is 11.1 Å². The molecule has 3 aromatic rings. The Morgan fingerprint density at radius 1 is 0.927 bits per heavy atom. The van der Waals surface area contributed by atoms with Gasteiger partial charge in [0.15, 0.2) is 12.2 Å². The molecular formula is C31H28N2O7S. The smallest absolute Gasteiger partial charge is 0.356 e. The molecule has 0 aliphatic carbocycles. The molecule has 1 unspecified atom stereocenters. The van der Waals surface area contributed by atoms with Crippen LogP contribution in [0, 0.1) is 0 Å². The summed E-state index contributed by atoms with van der Waals surface area (Å²) < 4.78 is 10.9. The van der Waals surface area contributed by atoms with Gasteiger partial charge in [0.1, 0.15) is 17.1 Å². The number of amides is 2. The second kappa shape index (κ2) is 12.4. The molecule has 2 amide bonds. The van der Waals surface area contributed by atoms with Crippen molar-refractivity contribution in [3.63, 3.8) is 0 Å². The Balaban J connectivity index is 1.41. The zero-order chi connectivity index (χ0) is 28.9. The number of hydrogen-bond acceptors (Lipinski definition) is 8. The van der Waals surface area contributed by atoms with Crippen molar-refractivity contribution in [2.45, 2.75) is 30.0 Å². The second-order valence-corrected chi connectivity index (χ2v) is 10.6. The summed E-state index contributed by atoms with van der Waals surface area (Å²) in [4.78, 5) is 53.5. The standard InChI is InChI=1S/C31H28N2O7S/c1-39-23(34)17-22-18-41-30-24(32-28(36)26(35)19-11-5-2-6-12-19)29(37)33(30)25(22)31(38)40-27(20-13-7-3-8-14-20)21-15-9-4-10-16-21/h2-16,24,26-27,30,35H,17-18H2,1H3,(H,32,36)/t24-,26?,30+/m1/s1. The molecule has 3 aromatic carbocycles. The fraction of sp³-hybridized carbons (Fsp3) is 0.226. The summed E-state index contributed by atoms with van der Waals surface area (Å²) in [6.07, 6.45) is -2.42. The summed E-state index contributed by atoms with van der Waals surface area (Å²) in [5.74, 6) is -2.36. The number of ether oxygens (including phenoxy) is 2. The molecule has 10 heteroatoms. The number of methoxy groups -OCH3 is 1. The van der Waals surface area contributed by atoms with Crippen LogP contribution in [0.1, 0.15) is 35.3 Å². The van der Waals surface area contributed by atoms with Crippen molar-refractivity contribution in [2.24, 2.45) is 0 Å². The third kappa shape index (κ3) is 5.89. The molecule has 2 N–H and O–H groups in total. The van der Waals surface area contributed by atoms with Crippen molar-refractivity contribution in [1.82, 2.24) is 10.2 Å². The summed E-state index contributed by atoms with van der Waals surface area (Å²) >= 11 is 1.30. The van der Waals surface area contributed by atoms with Crippen molar-refractivity contribution < 1.29 is 33.8 Å². The first kappa shape index (κ1) is 28.1. The highest BCUT2D eigenvalue weighted by atomic mass is 32.2. The van der Waals surface area contributed by atoms with E-state index in [0.29, 0.717) is 11.1 Å². The van der Waals surface area contributed by atoms with Crippen molar-refractivity contribution in [3.8, 4) is 0 Å². The Kier molecular flexibility index (Phi) is 8.51. The molecule has 2 aliphatic heterocycles. The highest BCUT2D eigenvalue weighted by Crippen LogP contribution is 2.42. The van der Waals surface area contributed by atoms with E-state index in [2.05, 4.69) is 5.32 Å². The van der Waals surface area contributed by atoms with Gasteiger partial charge in [0.2, 0.25) is 0 Å². The first-order valence-electron chi connectivity index (χ1n) is 13.0. The number of nitrogens with zero attached hydrogens (tertiary/aromatic N) is 1. The highest BCUT2D eigenvalue weighted by molar-refractivity contribution is 8.00. The lowest BCUT2D eigenvalue weighted by Crippen LogP contribution is -2.71. The van der Waals surface area contributed by atoms with Gasteiger partial charge in [0.25, 0.3) is 11.8 Å². The zero-order valence-electron chi connectivity index (χ0n) is 22.1. The van der Waals surface area contributed by atoms with Crippen LogP contribution in [-0.4, -0.2) is 58.0 Å². The molecule has 5 rings (SSSR count). The number of aliphatic hydroxyl groups excluding tert-OH is 1. The molecule has 0 saturated carbocycles. The van der Waals surface area contributed by atoms with Crippen LogP contribution in [0.5, 0.6) is 0 Å². The Labute approximate surface area is 241 Å². The van der Waals surface area contributed by atoms with E-state index in [-0.39, 0.29) is 17.9 Å². The Morgan fingerprint density at radius 3 is 2.00 bits per heavy atom. The first-order valence-corrected chi connectivity index (χ1v) is 14.0. The topological polar surface area (TPSA) is 122 Å². The summed E-state index contributed by atoms with van der Waals surface area (Å²) in [5.41, 5.74) is 2.22. The minimum Gasteiger partial charge on any atom is -0.469 e. The Bertz CT molecular complexity index is 1420. The number of aliphatic hydroxyl groups is 1. The lowest BCUT2D eigenvalue weighted by molar-refractivity contribution is -0.155. The van der Waals surface area contributed by atoms with Gasteiger partial charge in [-0.05, 0) is 22.3 Å². The number of thioether (sulfide) groups is 1. The molecule has 1 fully saturated rings. The molecule has 0 aromatic heterocycles. The molecular weight excluding hydrogens is 544 g/mol. The quantitative estimate of drug-likeness (QED) is 0.296. The minimum atomic E-state index is -1.46. The number of esters is 2. The van der Waals surface area contributed by atoms with E-state index in [1.807, 2.05) is 60.7 Å². The minimum absolute atomic E-state index is 0.0323. The average Bonchev–Trinajstić information content (AvgIpc) is 3.02. The van der Waals surface area contributed by atoms with Gasteiger partial charge in [0, 0.05) is 5.75 Å². The van der Waals surface area contributed by atoms with E-state index < -0.39 is 47.4 Å². The van der Waals surface area contributed by atoms with E-state index >= 15 is 0 Å². The van der Waals surface area contributed by atoms with Crippen LogP contribution in [0.2, 0.25) is 0 Å². The van der Waals surface area contributed by atoms with Gasteiger partial charge in [-0.3, -0.25) is 19.3 Å². The van der Waals surface area contributed by atoms with Gasteiger partial charge in [0.05, 0.1) is 13.5 Å². The van der Waals surface area contributed by atoms with Gasteiger partial charge >= 0.3 is 11.9 Å². The second-order valence-electron chi connectivity index (χ2n) is 9.52. The summed E-state index contributed by atoms with van der Waals surface area (Å²) in [6.45, 7) is 0. The Hall–Kier alpha value is -4.41. The monoisotopic (exact) mass is 572 g/mol. The third-order valence-corrected chi connectivity index (χ3v) is 8.26. The maximum atomic E-state index is 13.8. The van der Waals surface area contributed by atoms with E-state index in [1.165, 1.54) is 23.8 Å². The number of benzene rings is 3. The molecule has 0 bridgehead atoms. The van der Waals surface area contributed by atoms with Gasteiger partial charge in [-0.15, -0.1) is 11.8 Å². The lowest BCUT2D eigenvalue weighted by atomic mass is 9.99. The van der Waals surface area contributed by atoms with E-state index in [4.69, 9.17) is 9.47 Å². The maximum absolute atomic E-state index is 13.8. The fourth-order valence-electron chi connectivity index (χ4n) is 4.82. The van der Waals surface area contributed by atoms with Crippen LogP contribution in [0.3, 0.4) is 0 Å².